The van der Waals surface area contributed by atoms with Crippen molar-refractivity contribution in [3.8, 4) is 22.8 Å². The van der Waals surface area contributed by atoms with Gasteiger partial charge in [-0.05, 0) is 37.6 Å². The van der Waals surface area contributed by atoms with Crippen LogP contribution in [0, 0.1) is 6.92 Å². The number of nitrogens with zero attached hydrogens (tertiary/aromatic N) is 2. The highest BCUT2D eigenvalue weighted by Crippen LogP contribution is 2.42. The summed E-state index contributed by atoms with van der Waals surface area (Å²) in [4.78, 5) is 4.64. The van der Waals surface area contributed by atoms with Crippen LogP contribution in [-0.2, 0) is 4.74 Å². The molecule has 0 N–H and O–H groups in total. The van der Waals surface area contributed by atoms with Crippen molar-refractivity contribution in [2.75, 3.05) is 20.8 Å². The molecule has 1 aromatic carbocycles. The number of pyridine rings is 1. The van der Waals surface area contributed by atoms with Crippen LogP contribution in [-0.4, -0.2) is 36.7 Å². The van der Waals surface area contributed by atoms with Crippen LogP contribution in [0.5, 0.6) is 11.5 Å². The average Bonchev–Trinajstić information content (AvgIpc) is 2.95. The summed E-state index contributed by atoms with van der Waals surface area (Å²) in [5.41, 5.74) is 2.94. The standard InChI is InChI=1S/C20H20ClF3N2O3/c1-11-8-15-18(14(21)9-26(15)12(2)10-27-3)25-17(11)13-6-5-7-16(19(13)28-4)29-20(22,23)24/h5-9,12H,10H2,1-4H3/t12-/m0/s1. The maximum Gasteiger partial charge on any atom is 0.573 e. The second kappa shape index (κ2) is 8.12. The Bertz CT molecular complexity index is 1030. The number of methoxy groups -OCH3 is 2. The van der Waals surface area contributed by atoms with Gasteiger partial charge < -0.3 is 18.8 Å². The van der Waals surface area contributed by atoms with Crippen LogP contribution < -0.4 is 9.47 Å². The Morgan fingerprint density at radius 2 is 1.97 bits per heavy atom. The van der Waals surface area contributed by atoms with Crippen LogP contribution in [0.4, 0.5) is 13.2 Å². The van der Waals surface area contributed by atoms with Crippen molar-refractivity contribution in [1.82, 2.24) is 9.55 Å². The lowest BCUT2D eigenvalue weighted by atomic mass is 10.0. The molecule has 0 fully saturated rings. The third-order valence-electron chi connectivity index (χ3n) is 4.50. The van der Waals surface area contributed by atoms with Gasteiger partial charge in [-0.25, -0.2) is 4.98 Å². The molecule has 3 rings (SSSR count). The van der Waals surface area contributed by atoms with Crippen LogP contribution in [0.3, 0.4) is 0 Å². The molecule has 0 saturated carbocycles. The van der Waals surface area contributed by atoms with Crippen LogP contribution >= 0.6 is 11.6 Å². The molecule has 1 atom stereocenters. The van der Waals surface area contributed by atoms with Crippen LogP contribution in [0.2, 0.25) is 5.02 Å². The van der Waals surface area contributed by atoms with E-state index in [0.717, 1.165) is 11.1 Å². The SMILES string of the molecule is COC[C@H](C)n1cc(Cl)c2nc(-c3cccc(OC(F)(F)F)c3OC)c(C)cc21. The van der Waals surface area contributed by atoms with Gasteiger partial charge in [0.2, 0.25) is 0 Å². The summed E-state index contributed by atoms with van der Waals surface area (Å²) in [7, 11) is 2.90. The van der Waals surface area contributed by atoms with Crippen molar-refractivity contribution in [1.29, 1.82) is 0 Å². The minimum atomic E-state index is -4.84. The highest BCUT2D eigenvalue weighted by atomic mass is 35.5. The number of para-hydroxylation sites is 1. The summed E-state index contributed by atoms with van der Waals surface area (Å²) in [6.45, 7) is 4.31. The normalized spacial score (nSPS) is 13.0. The van der Waals surface area contributed by atoms with Gasteiger partial charge in [0.05, 0.1) is 36.0 Å². The van der Waals surface area contributed by atoms with E-state index in [9.17, 15) is 13.2 Å². The van der Waals surface area contributed by atoms with Crippen molar-refractivity contribution in [2.45, 2.75) is 26.3 Å². The minimum Gasteiger partial charge on any atom is -0.492 e. The van der Waals surface area contributed by atoms with Gasteiger partial charge in [-0.3, -0.25) is 0 Å². The molecule has 0 unspecified atom stereocenters. The van der Waals surface area contributed by atoms with Crippen molar-refractivity contribution in [3.05, 3.63) is 41.0 Å². The maximum atomic E-state index is 12.7. The van der Waals surface area contributed by atoms with Gasteiger partial charge in [0.1, 0.15) is 5.52 Å². The maximum absolute atomic E-state index is 12.7. The first-order valence-electron chi connectivity index (χ1n) is 8.76. The van der Waals surface area contributed by atoms with E-state index >= 15 is 0 Å². The molecule has 156 valence electrons. The topological polar surface area (TPSA) is 45.5 Å². The summed E-state index contributed by atoms with van der Waals surface area (Å²) in [5.74, 6) is -0.487. The Labute approximate surface area is 171 Å². The van der Waals surface area contributed by atoms with Crippen LogP contribution in [0.15, 0.2) is 30.5 Å². The molecule has 0 saturated heterocycles. The highest BCUT2D eigenvalue weighted by Gasteiger charge is 2.33. The molecule has 0 aliphatic heterocycles. The largest absolute Gasteiger partial charge is 0.573 e. The predicted octanol–water partition coefficient (Wildman–Crippen LogP) is 5.78. The fourth-order valence-electron chi connectivity index (χ4n) is 3.30. The zero-order valence-corrected chi connectivity index (χ0v) is 17.1. The molecule has 0 aliphatic carbocycles. The van der Waals surface area contributed by atoms with Crippen molar-refractivity contribution >= 4 is 22.6 Å². The van der Waals surface area contributed by atoms with Gasteiger partial charge in [-0.15, -0.1) is 13.2 Å². The molecule has 0 radical (unpaired) electrons. The highest BCUT2D eigenvalue weighted by molar-refractivity contribution is 6.35. The quantitative estimate of drug-likeness (QED) is 0.499. The third-order valence-corrected chi connectivity index (χ3v) is 4.77. The van der Waals surface area contributed by atoms with Crippen molar-refractivity contribution < 1.29 is 27.4 Å². The third kappa shape index (κ3) is 4.28. The first-order valence-corrected chi connectivity index (χ1v) is 9.13. The number of rotatable bonds is 6. The number of ether oxygens (including phenoxy) is 3. The van der Waals surface area contributed by atoms with Crippen LogP contribution in [0.25, 0.3) is 22.3 Å². The lowest BCUT2D eigenvalue weighted by molar-refractivity contribution is -0.275. The molecule has 5 nitrogen and oxygen atoms in total. The van der Waals surface area contributed by atoms with Crippen molar-refractivity contribution in [2.24, 2.45) is 0 Å². The molecule has 29 heavy (non-hydrogen) atoms. The number of aryl methyl sites for hydroxylation is 1. The lowest BCUT2D eigenvalue weighted by Gasteiger charge is -2.17. The van der Waals surface area contributed by atoms with Gasteiger partial charge in [0, 0.05) is 18.9 Å². The zero-order valence-electron chi connectivity index (χ0n) is 16.3. The Kier molecular flexibility index (Phi) is 5.95. The van der Waals surface area contributed by atoms with Gasteiger partial charge in [0.25, 0.3) is 0 Å². The van der Waals surface area contributed by atoms with E-state index in [0.29, 0.717) is 28.4 Å². The second-order valence-electron chi connectivity index (χ2n) is 6.60. The number of benzene rings is 1. The van der Waals surface area contributed by atoms with Gasteiger partial charge in [0.15, 0.2) is 11.5 Å². The first kappa shape index (κ1) is 21.3. The van der Waals surface area contributed by atoms with E-state index < -0.39 is 12.1 Å². The molecule has 0 aliphatic rings. The molecule has 3 aromatic rings. The number of hydrogen-bond donors (Lipinski definition) is 0. The summed E-state index contributed by atoms with van der Waals surface area (Å²) in [6, 6.07) is 6.20. The van der Waals surface area contributed by atoms with Gasteiger partial charge in [-0.1, -0.05) is 17.7 Å². The average molecular weight is 429 g/mol. The van der Waals surface area contributed by atoms with E-state index in [1.54, 1.807) is 19.4 Å². The number of fused-ring (bicyclic) bond motifs is 1. The summed E-state index contributed by atoms with van der Waals surface area (Å²) >= 11 is 6.40. The number of halogens is 4. The van der Waals surface area contributed by atoms with E-state index in [1.165, 1.54) is 19.2 Å². The monoisotopic (exact) mass is 428 g/mol. The van der Waals surface area contributed by atoms with E-state index in [4.69, 9.17) is 21.1 Å². The molecule has 0 bridgehead atoms. The number of alkyl halides is 3. The summed E-state index contributed by atoms with van der Waals surface area (Å²) in [6.07, 6.45) is -3.07. The Hall–Kier alpha value is -2.45. The number of aromatic nitrogens is 2. The molecule has 0 amide bonds. The van der Waals surface area contributed by atoms with E-state index in [1.807, 2.05) is 24.5 Å². The molecule has 2 heterocycles. The minimum absolute atomic E-state index is 0.0279. The second-order valence-corrected chi connectivity index (χ2v) is 7.00. The molecular formula is C20H20ClF3N2O3. The summed E-state index contributed by atoms with van der Waals surface area (Å²) in [5, 5.41) is 0.436. The van der Waals surface area contributed by atoms with Gasteiger partial charge in [-0.2, -0.15) is 0 Å². The fraction of sp³-hybridized carbons (Fsp3) is 0.350. The summed E-state index contributed by atoms with van der Waals surface area (Å²) < 4.78 is 54.8. The molecule has 2 aromatic heterocycles. The lowest BCUT2D eigenvalue weighted by Crippen LogP contribution is -2.17. The molecule has 0 spiro atoms. The smallest absolute Gasteiger partial charge is 0.492 e. The van der Waals surface area contributed by atoms with Crippen LogP contribution in [0.1, 0.15) is 18.5 Å². The van der Waals surface area contributed by atoms with Gasteiger partial charge >= 0.3 is 6.36 Å². The predicted molar refractivity (Wildman–Crippen MR) is 105 cm³/mol. The first-order chi connectivity index (χ1) is 13.7. The Balaban J connectivity index is 2.17. The van der Waals surface area contributed by atoms with E-state index in [-0.39, 0.29) is 11.8 Å². The molecular weight excluding hydrogens is 409 g/mol. The van der Waals surface area contributed by atoms with Crippen molar-refractivity contribution in [3.63, 3.8) is 0 Å². The zero-order chi connectivity index (χ0) is 21.3. The Morgan fingerprint density at radius 1 is 1.24 bits per heavy atom. The van der Waals surface area contributed by atoms with E-state index in [2.05, 4.69) is 9.72 Å². The molecule has 9 heteroatoms. The Morgan fingerprint density at radius 3 is 2.59 bits per heavy atom. The fourth-order valence-corrected chi connectivity index (χ4v) is 3.55. The number of hydrogen-bond acceptors (Lipinski definition) is 4.